The number of carbonyl (C=O) groups is 1. The summed E-state index contributed by atoms with van der Waals surface area (Å²) in [6, 6.07) is 0. The predicted molar refractivity (Wildman–Crippen MR) is 210 cm³/mol. The van der Waals surface area contributed by atoms with Crippen molar-refractivity contribution >= 4 is 5.97 Å². The standard InChI is InChI=1S/C44H68O18/c1-16(2)34-35(59-34)17(3)20-6-7-21-19-13-24-23-12-18(8-10-44(23,5)22(19)9-11-43(20,21)4)56-41-38(32(51)31(50)36(60-41)39(53)54)62-42-37(30(49)27(46)25(14-45)57-42)61-40-33(52)29(48)28(47)26(58-40)15-55-24/h13,16-18,20-38,40-42,45-52H,6-12,14-15H2,1-5H3,(H,53,54)/t17?,18-,20+,21?,22?,23?,24+,25+,26-,27-,28+,29-,30-,31-,32-,33+,34-,35-,36-,37+,38+,40-,41+,42-,43+,44+/m0/s1. The molecular formula is C44H68O18. The van der Waals surface area contributed by atoms with Crippen LogP contribution < -0.4 is 0 Å². The quantitative estimate of drug-likeness (QED) is 0.125. The Bertz CT molecular complexity index is 1670. The van der Waals surface area contributed by atoms with E-state index < -0.39 is 117 Å². The Morgan fingerprint density at radius 1 is 0.694 bits per heavy atom. The van der Waals surface area contributed by atoms with Crippen molar-refractivity contribution in [2.45, 2.75) is 196 Å². The van der Waals surface area contributed by atoms with E-state index in [2.05, 4.69) is 40.7 Å². The second-order valence-electron chi connectivity index (χ2n) is 20.8. The second-order valence-corrected chi connectivity index (χ2v) is 20.8. The first-order valence-corrected chi connectivity index (χ1v) is 22.9. The molecule has 9 aliphatic rings. The molecule has 0 aromatic carbocycles. The first kappa shape index (κ1) is 45.7. The Kier molecular flexibility index (Phi) is 12.6. The van der Waals surface area contributed by atoms with Crippen LogP contribution in [0.1, 0.15) is 79.6 Å². The summed E-state index contributed by atoms with van der Waals surface area (Å²) in [5.74, 6) is 0.221. The van der Waals surface area contributed by atoms with Crippen molar-refractivity contribution in [2.75, 3.05) is 13.2 Å². The fraction of sp³-hybridized carbons (Fsp3) is 0.932. The van der Waals surface area contributed by atoms with E-state index in [0.29, 0.717) is 49.0 Å². The van der Waals surface area contributed by atoms with Crippen molar-refractivity contribution in [1.29, 1.82) is 0 Å². The van der Waals surface area contributed by atoms with E-state index in [4.69, 9.17) is 37.9 Å². The molecule has 9 N–H and O–H groups in total. The molecule has 4 aliphatic carbocycles. The summed E-state index contributed by atoms with van der Waals surface area (Å²) in [5.41, 5.74) is 1.16. The van der Waals surface area contributed by atoms with Gasteiger partial charge in [-0.1, -0.05) is 46.3 Å². The van der Waals surface area contributed by atoms with Gasteiger partial charge in [0.25, 0.3) is 0 Å². The Balaban J connectivity index is 1.07. The average molecular weight is 885 g/mol. The normalized spacial score (nSPS) is 55.8. The number of hydrogen-bond acceptors (Lipinski definition) is 17. The molecular weight excluding hydrogens is 816 g/mol. The molecule has 26 atom stereocenters. The van der Waals surface area contributed by atoms with Gasteiger partial charge in [-0.2, -0.15) is 0 Å². The lowest BCUT2D eigenvalue weighted by Crippen LogP contribution is -2.67. The molecule has 62 heavy (non-hydrogen) atoms. The third-order valence-electron chi connectivity index (χ3n) is 17.1. The number of allylic oxidation sites excluding steroid dienone is 1. The van der Waals surface area contributed by atoms with Gasteiger partial charge in [0, 0.05) is 0 Å². The molecule has 9 rings (SSSR count). The monoisotopic (exact) mass is 884 g/mol. The zero-order valence-corrected chi connectivity index (χ0v) is 36.1. The highest BCUT2D eigenvalue weighted by Gasteiger charge is 2.63. The van der Waals surface area contributed by atoms with Crippen LogP contribution >= 0.6 is 0 Å². The van der Waals surface area contributed by atoms with E-state index in [0.717, 1.165) is 25.7 Å². The van der Waals surface area contributed by atoms with E-state index in [9.17, 15) is 50.8 Å². The summed E-state index contributed by atoms with van der Waals surface area (Å²) < 4.78 is 49.6. The zero-order valence-electron chi connectivity index (χ0n) is 36.1. The van der Waals surface area contributed by atoms with E-state index in [1.165, 1.54) is 5.57 Å². The molecule has 5 heterocycles. The van der Waals surface area contributed by atoms with Crippen LogP contribution in [0.2, 0.25) is 0 Å². The van der Waals surface area contributed by atoms with E-state index in [-0.39, 0.29) is 35.4 Å². The molecule has 4 bridgehead atoms. The van der Waals surface area contributed by atoms with Gasteiger partial charge in [-0.05, 0) is 91.3 Å². The number of epoxide rings is 1. The van der Waals surface area contributed by atoms with Crippen LogP contribution in [0.3, 0.4) is 0 Å². The van der Waals surface area contributed by atoms with Gasteiger partial charge >= 0.3 is 5.97 Å². The first-order chi connectivity index (χ1) is 29.4. The van der Waals surface area contributed by atoms with Crippen molar-refractivity contribution in [3.05, 3.63) is 11.6 Å². The van der Waals surface area contributed by atoms with Gasteiger partial charge in [-0.15, -0.1) is 0 Å². The summed E-state index contributed by atoms with van der Waals surface area (Å²) in [4.78, 5) is 12.3. The van der Waals surface area contributed by atoms with Crippen LogP contribution in [0, 0.1) is 46.3 Å². The molecule has 352 valence electrons. The molecule has 4 unspecified atom stereocenters. The molecule has 0 aromatic rings. The Morgan fingerprint density at radius 2 is 1.35 bits per heavy atom. The maximum atomic E-state index is 12.3. The lowest BCUT2D eigenvalue weighted by atomic mass is 9.47. The number of carboxylic acid groups (broad SMARTS) is 1. The third kappa shape index (κ3) is 7.53. The minimum absolute atomic E-state index is 0.0555. The van der Waals surface area contributed by atoms with Crippen molar-refractivity contribution in [3.8, 4) is 0 Å². The Labute approximate surface area is 361 Å². The highest BCUT2D eigenvalue weighted by atomic mass is 16.8. The molecule has 0 amide bonds. The highest BCUT2D eigenvalue weighted by molar-refractivity contribution is 5.73. The first-order valence-electron chi connectivity index (χ1n) is 22.9. The van der Waals surface area contributed by atoms with E-state index in [1.807, 2.05) is 0 Å². The number of ether oxygens (including phenoxy) is 8. The van der Waals surface area contributed by atoms with Crippen molar-refractivity contribution < 1.29 is 88.6 Å². The highest BCUT2D eigenvalue weighted by Crippen LogP contribution is 2.68. The summed E-state index contributed by atoms with van der Waals surface area (Å²) in [6.07, 6.45) is -18.5. The van der Waals surface area contributed by atoms with Gasteiger partial charge in [0.2, 0.25) is 0 Å². The molecule has 5 aliphatic heterocycles. The number of hydrogen-bond donors (Lipinski definition) is 9. The van der Waals surface area contributed by atoms with Crippen molar-refractivity contribution in [3.63, 3.8) is 0 Å². The predicted octanol–water partition coefficient (Wildman–Crippen LogP) is -0.433. The molecule has 5 saturated heterocycles. The number of fused-ring (bicyclic) bond motifs is 9. The molecule has 8 fully saturated rings. The summed E-state index contributed by atoms with van der Waals surface area (Å²) >= 11 is 0. The second kappa shape index (κ2) is 17.0. The minimum Gasteiger partial charge on any atom is -0.479 e. The molecule has 0 spiro atoms. The molecule has 0 aromatic heterocycles. The van der Waals surface area contributed by atoms with Crippen LogP contribution in [0.15, 0.2) is 11.6 Å². The van der Waals surface area contributed by atoms with Crippen LogP contribution in [0.5, 0.6) is 0 Å². The van der Waals surface area contributed by atoms with Gasteiger partial charge in [0.1, 0.15) is 67.1 Å². The van der Waals surface area contributed by atoms with Crippen LogP contribution in [0.25, 0.3) is 0 Å². The summed E-state index contributed by atoms with van der Waals surface area (Å²) in [6.45, 7) is 10.5. The fourth-order valence-corrected chi connectivity index (χ4v) is 13.5. The molecule has 18 nitrogen and oxygen atoms in total. The van der Waals surface area contributed by atoms with E-state index >= 15 is 0 Å². The van der Waals surface area contributed by atoms with Gasteiger partial charge in [0.05, 0.1) is 37.6 Å². The molecule has 3 saturated carbocycles. The van der Waals surface area contributed by atoms with Gasteiger partial charge in [0.15, 0.2) is 25.0 Å². The smallest absolute Gasteiger partial charge is 0.335 e. The van der Waals surface area contributed by atoms with Crippen molar-refractivity contribution in [2.24, 2.45) is 46.3 Å². The van der Waals surface area contributed by atoms with Crippen molar-refractivity contribution in [1.82, 2.24) is 0 Å². The van der Waals surface area contributed by atoms with Crippen LogP contribution in [-0.4, -0.2) is 182 Å². The summed E-state index contributed by atoms with van der Waals surface area (Å²) in [5, 5.41) is 98.3. The lowest BCUT2D eigenvalue weighted by molar-refractivity contribution is -0.395. The largest absolute Gasteiger partial charge is 0.479 e. The fourth-order valence-electron chi connectivity index (χ4n) is 13.5. The van der Waals surface area contributed by atoms with Crippen LogP contribution in [-0.2, 0) is 42.7 Å². The van der Waals surface area contributed by atoms with Crippen LogP contribution in [0.4, 0.5) is 0 Å². The lowest BCUT2D eigenvalue weighted by Gasteiger charge is -2.60. The molecule has 0 radical (unpaired) electrons. The summed E-state index contributed by atoms with van der Waals surface area (Å²) in [7, 11) is 0. The van der Waals surface area contributed by atoms with Gasteiger partial charge in [-0.25, -0.2) is 4.79 Å². The Morgan fingerprint density at radius 3 is 2.03 bits per heavy atom. The number of carboxylic acids is 1. The number of aliphatic hydroxyl groups excluding tert-OH is 8. The topological polar surface area (TPSA) is 276 Å². The average Bonchev–Trinajstić information content (AvgIpc) is 3.97. The minimum atomic E-state index is -2.01. The maximum absolute atomic E-state index is 12.3. The maximum Gasteiger partial charge on any atom is 0.335 e. The zero-order chi connectivity index (χ0) is 44.3. The number of aliphatic hydroxyl groups is 8. The Hall–Kier alpha value is -1.43. The molecule has 18 heteroatoms. The van der Waals surface area contributed by atoms with Gasteiger partial charge in [-0.3, -0.25) is 0 Å². The van der Waals surface area contributed by atoms with E-state index in [1.54, 1.807) is 0 Å². The number of rotatable bonds is 5. The third-order valence-corrected chi connectivity index (χ3v) is 17.1. The SMILES string of the molecule is CC(C)[C@@H]1O[C@H]1C(C)[C@H]1CCC2C3=C[C@H]4OC[C@@H]5O[C@@H](O[C@H]6[C@H](O[C@H]7[C@H](O[C@H]8CC[C@](C)(C3CC[C@@]21C)C4C8)O[C@H](C(=O)O)[C@@H](O)[C@@H]7O)O[C@H](CO)[C@H](O)[C@@H]6O)[C@H](O)[C@@H](O)[C@@H]5O. The van der Waals surface area contributed by atoms with Gasteiger partial charge < -0.3 is 83.9 Å². The number of aliphatic carboxylic acids is 1.